The molecule has 2 aliphatic rings. The van der Waals surface area contributed by atoms with Crippen molar-refractivity contribution in [2.75, 3.05) is 19.6 Å². The average molecular weight is 427 g/mol. The van der Waals surface area contributed by atoms with Crippen LogP contribution in [-0.4, -0.2) is 79.3 Å². The lowest BCUT2D eigenvalue weighted by atomic mass is 10.0. The molecule has 0 spiro atoms. The molecule has 2 atom stereocenters. The van der Waals surface area contributed by atoms with Crippen molar-refractivity contribution in [2.24, 2.45) is 0 Å². The molecular weight excluding hydrogens is 396 g/mol. The maximum Gasteiger partial charge on any atom is 0.274 e. The molecule has 2 aromatic heterocycles. The molecule has 4 heterocycles. The molecule has 2 N–H and O–H groups in total. The van der Waals surface area contributed by atoms with E-state index >= 15 is 0 Å². The van der Waals surface area contributed by atoms with Crippen LogP contribution in [0.1, 0.15) is 42.2 Å². The topological polar surface area (TPSA) is 104 Å². The van der Waals surface area contributed by atoms with E-state index in [1.807, 2.05) is 30.2 Å². The number of piperidine rings is 1. The molecule has 0 unspecified atom stereocenters. The van der Waals surface area contributed by atoms with E-state index in [2.05, 4.69) is 20.3 Å². The third-order valence-corrected chi connectivity index (χ3v) is 6.21. The SMILES string of the molecule is CCn1ccc(C(=O)N2CCC(N3C[C@H](O)C[C@H]3C(=O)NCc3cccnc3)CC2)n1. The number of rotatable bonds is 6. The van der Waals surface area contributed by atoms with Crippen LogP contribution in [0.3, 0.4) is 0 Å². The van der Waals surface area contributed by atoms with Gasteiger partial charge in [-0.3, -0.25) is 24.2 Å². The summed E-state index contributed by atoms with van der Waals surface area (Å²) in [5.41, 5.74) is 1.42. The number of likely N-dealkylation sites (tertiary alicyclic amines) is 2. The smallest absolute Gasteiger partial charge is 0.274 e. The molecule has 2 aromatic rings. The van der Waals surface area contributed by atoms with Gasteiger partial charge in [0.1, 0.15) is 5.69 Å². The highest BCUT2D eigenvalue weighted by Gasteiger charge is 2.41. The fourth-order valence-electron chi connectivity index (χ4n) is 4.52. The lowest BCUT2D eigenvalue weighted by molar-refractivity contribution is -0.126. The predicted octanol–water partition coefficient (Wildman–Crippen LogP) is 0.654. The van der Waals surface area contributed by atoms with Gasteiger partial charge in [0.25, 0.3) is 5.91 Å². The Morgan fingerprint density at radius 3 is 2.74 bits per heavy atom. The Morgan fingerprint density at radius 2 is 2.06 bits per heavy atom. The third kappa shape index (κ3) is 4.94. The number of aromatic nitrogens is 3. The van der Waals surface area contributed by atoms with E-state index in [-0.39, 0.29) is 23.9 Å². The van der Waals surface area contributed by atoms with Crippen molar-refractivity contribution in [1.82, 2.24) is 29.9 Å². The van der Waals surface area contributed by atoms with Gasteiger partial charge in [-0.2, -0.15) is 5.10 Å². The highest BCUT2D eigenvalue weighted by molar-refractivity contribution is 5.92. The van der Waals surface area contributed by atoms with Crippen molar-refractivity contribution >= 4 is 11.8 Å². The first-order valence-electron chi connectivity index (χ1n) is 11.0. The van der Waals surface area contributed by atoms with E-state index in [4.69, 9.17) is 0 Å². The van der Waals surface area contributed by atoms with Crippen molar-refractivity contribution in [2.45, 2.75) is 57.5 Å². The molecule has 2 saturated heterocycles. The molecule has 0 saturated carbocycles. The second kappa shape index (κ2) is 9.57. The number of aryl methyl sites for hydroxylation is 1. The van der Waals surface area contributed by atoms with Gasteiger partial charge in [0.05, 0.1) is 12.1 Å². The van der Waals surface area contributed by atoms with Gasteiger partial charge in [-0.25, -0.2) is 0 Å². The largest absolute Gasteiger partial charge is 0.392 e. The van der Waals surface area contributed by atoms with Crippen LogP contribution in [0.4, 0.5) is 0 Å². The van der Waals surface area contributed by atoms with Crippen LogP contribution < -0.4 is 5.32 Å². The lowest BCUT2D eigenvalue weighted by Gasteiger charge is -2.38. The van der Waals surface area contributed by atoms with Crippen molar-refractivity contribution in [1.29, 1.82) is 0 Å². The van der Waals surface area contributed by atoms with Crippen molar-refractivity contribution < 1.29 is 14.7 Å². The Bertz CT molecular complexity index is 894. The first kappa shape index (κ1) is 21.5. The fraction of sp³-hybridized carbons (Fsp3) is 0.545. The zero-order chi connectivity index (χ0) is 21.8. The van der Waals surface area contributed by atoms with E-state index in [1.165, 1.54) is 0 Å². The Hall–Kier alpha value is -2.78. The molecule has 166 valence electrons. The Kier molecular flexibility index (Phi) is 6.62. The summed E-state index contributed by atoms with van der Waals surface area (Å²) in [6.07, 6.45) is 6.74. The maximum atomic E-state index is 12.8. The molecule has 2 fully saturated rings. The summed E-state index contributed by atoms with van der Waals surface area (Å²) in [6.45, 7) is 4.88. The number of pyridine rings is 1. The second-order valence-electron chi connectivity index (χ2n) is 8.26. The number of hydrogen-bond acceptors (Lipinski definition) is 6. The van der Waals surface area contributed by atoms with Crippen LogP contribution in [0, 0.1) is 0 Å². The molecule has 4 rings (SSSR count). The van der Waals surface area contributed by atoms with E-state index in [0.29, 0.717) is 38.3 Å². The second-order valence-corrected chi connectivity index (χ2v) is 8.26. The first-order valence-corrected chi connectivity index (χ1v) is 11.0. The van der Waals surface area contributed by atoms with E-state index in [1.54, 1.807) is 23.1 Å². The monoisotopic (exact) mass is 426 g/mol. The van der Waals surface area contributed by atoms with Crippen molar-refractivity contribution in [3.63, 3.8) is 0 Å². The summed E-state index contributed by atoms with van der Waals surface area (Å²) < 4.78 is 1.75. The summed E-state index contributed by atoms with van der Waals surface area (Å²) in [4.78, 5) is 33.6. The van der Waals surface area contributed by atoms with Crippen LogP contribution in [0.2, 0.25) is 0 Å². The van der Waals surface area contributed by atoms with E-state index < -0.39 is 6.10 Å². The van der Waals surface area contributed by atoms with Gasteiger partial charge in [-0.15, -0.1) is 0 Å². The minimum Gasteiger partial charge on any atom is -0.392 e. The molecule has 31 heavy (non-hydrogen) atoms. The van der Waals surface area contributed by atoms with Gasteiger partial charge in [0.15, 0.2) is 0 Å². The van der Waals surface area contributed by atoms with Gasteiger partial charge in [0.2, 0.25) is 5.91 Å². The summed E-state index contributed by atoms with van der Waals surface area (Å²) in [6, 6.07) is 5.35. The molecule has 0 aliphatic carbocycles. The number of nitrogens with one attached hydrogen (secondary N) is 1. The standard InChI is InChI=1S/C22H30N6O3/c1-2-27-11-7-19(25-27)22(31)26-9-5-17(6-10-26)28-15-18(29)12-20(28)21(30)24-14-16-4-3-8-23-13-16/h3-4,7-8,11,13,17-18,20,29H,2,5-6,9-10,12,14-15H2,1H3,(H,24,30)/t18-,20+/m1/s1. The molecule has 9 heteroatoms. The van der Waals surface area contributed by atoms with Gasteiger partial charge in [-0.05, 0) is 43.9 Å². The number of β-amino-alcohol motifs (C(OH)–C–C–N with tert-alkyl or cyclic N) is 1. The summed E-state index contributed by atoms with van der Waals surface area (Å²) in [5.74, 6) is -0.109. The number of amides is 2. The van der Waals surface area contributed by atoms with Gasteiger partial charge < -0.3 is 15.3 Å². The Labute approximate surface area is 182 Å². The number of nitrogens with zero attached hydrogens (tertiary/aromatic N) is 5. The Balaban J connectivity index is 1.33. The minimum absolute atomic E-state index is 0.0436. The zero-order valence-corrected chi connectivity index (χ0v) is 17.9. The molecule has 2 aliphatic heterocycles. The van der Waals surface area contributed by atoms with Crippen LogP contribution in [0.5, 0.6) is 0 Å². The number of hydrogen-bond donors (Lipinski definition) is 2. The van der Waals surface area contributed by atoms with Crippen LogP contribution in [0.15, 0.2) is 36.8 Å². The van der Waals surface area contributed by atoms with E-state index in [0.717, 1.165) is 24.9 Å². The predicted molar refractivity (Wildman–Crippen MR) is 114 cm³/mol. The van der Waals surface area contributed by atoms with Gasteiger partial charge in [-0.1, -0.05) is 6.07 Å². The number of carbonyl (C=O) groups excluding carboxylic acids is 2. The van der Waals surface area contributed by atoms with Crippen LogP contribution in [0.25, 0.3) is 0 Å². The fourth-order valence-corrected chi connectivity index (χ4v) is 4.52. The summed E-state index contributed by atoms with van der Waals surface area (Å²) in [5, 5.41) is 17.5. The van der Waals surface area contributed by atoms with Crippen molar-refractivity contribution in [3.8, 4) is 0 Å². The highest BCUT2D eigenvalue weighted by Crippen LogP contribution is 2.27. The number of aliphatic hydroxyl groups is 1. The van der Waals surface area contributed by atoms with Crippen LogP contribution >= 0.6 is 0 Å². The summed E-state index contributed by atoms with van der Waals surface area (Å²) in [7, 11) is 0. The summed E-state index contributed by atoms with van der Waals surface area (Å²) >= 11 is 0. The average Bonchev–Trinajstić information content (AvgIpc) is 3.44. The Morgan fingerprint density at radius 1 is 1.26 bits per heavy atom. The molecule has 0 aromatic carbocycles. The van der Waals surface area contributed by atoms with Gasteiger partial charge in [0, 0.05) is 57.4 Å². The van der Waals surface area contributed by atoms with Gasteiger partial charge >= 0.3 is 0 Å². The molecule has 9 nitrogen and oxygen atoms in total. The van der Waals surface area contributed by atoms with E-state index in [9.17, 15) is 14.7 Å². The molecule has 2 amide bonds. The lowest BCUT2D eigenvalue weighted by Crippen LogP contribution is -2.52. The minimum atomic E-state index is -0.508. The highest BCUT2D eigenvalue weighted by atomic mass is 16.3. The van der Waals surface area contributed by atoms with Crippen molar-refractivity contribution in [3.05, 3.63) is 48.0 Å². The number of aliphatic hydroxyl groups excluding tert-OH is 1. The molecular formula is C22H30N6O3. The molecule has 0 bridgehead atoms. The van der Waals surface area contributed by atoms with Crippen LogP contribution in [-0.2, 0) is 17.9 Å². The number of carbonyl (C=O) groups is 2. The third-order valence-electron chi connectivity index (χ3n) is 6.21. The first-order chi connectivity index (χ1) is 15.0. The zero-order valence-electron chi connectivity index (χ0n) is 17.9. The molecule has 0 radical (unpaired) electrons. The maximum absolute atomic E-state index is 12.8. The normalized spacial score (nSPS) is 22.6. The quantitative estimate of drug-likeness (QED) is 0.703.